The molecule has 0 radical (unpaired) electrons. The second kappa shape index (κ2) is 6.15. The second-order valence-corrected chi connectivity index (χ2v) is 6.31. The summed E-state index contributed by atoms with van der Waals surface area (Å²) in [4.78, 5) is 0.0757. The lowest BCUT2D eigenvalue weighted by atomic mass is 10.1. The average Bonchev–Trinajstić information content (AvgIpc) is 2.47. The molecule has 6 heteroatoms. The first-order chi connectivity index (χ1) is 9.95. The topological polar surface area (TPSA) is 81.4 Å². The number of anilines is 1. The van der Waals surface area contributed by atoms with Crippen LogP contribution in [-0.2, 0) is 10.0 Å². The number of hydrogen-bond acceptors (Lipinski definition) is 4. The number of nitrogens with two attached hydrogens (primary N) is 1. The molecule has 0 fully saturated rings. The molecule has 0 aliphatic rings. The Morgan fingerprint density at radius 2 is 1.71 bits per heavy atom. The van der Waals surface area contributed by atoms with Gasteiger partial charge in [-0.3, -0.25) is 0 Å². The summed E-state index contributed by atoms with van der Waals surface area (Å²) in [5.41, 5.74) is 6.72. The van der Waals surface area contributed by atoms with Crippen LogP contribution in [0.25, 0.3) is 0 Å². The van der Waals surface area contributed by atoms with Crippen LogP contribution in [0, 0.1) is 0 Å². The zero-order valence-corrected chi connectivity index (χ0v) is 12.7. The highest BCUT2D eigenvalue weighted by molar-refractivity contribution is 7.89. The van der Waals surface area contributed by atoms with Gasteiger partial charge >= 0.3 is 0 Å². The number of nitrogens with one attached hydrogen (secondary N) is 1. The first kappa shape index (κ1) is 15.3. The maximum Gasteiger partial charge on any atom is 0.243 e. The summed E-state index contributed by atoms with van der Waals surface area (Å²) in [6, 6.07) is 13.2. The molecule has 0 bridgehead atoms. The van der Waals surface area contributed by atoms with Crippen LogP contribution in [0.15, 0.2) is 53.4 Å². The van der Waals surface area contributed by atoms with E-state index in [1.54, 1.807) is 38.3 Å². The summed E-state index contributed by atoms with van der Waals surface area (Å²) in [5.74, 6) is 0.633. The fraction of sp³-hybridized carbons (Fsp3) is 0.200. The van der Waals surface area contributed by atoms with Gasteiger partial charge in [-0.2, -0.15) is 0 Å². The van der Waals surface area contributed by atoms with Gasteiger partial charge in [0.15, 0.2) is 0 Å². The molecule has 0 amide bonds. The molecule has 2 rings (SSSR count). The molecule has 0 aliphatic carbocycles. The van der Waals surface area contributed by atoms with Gasteiger partial charge in [0.1, 0.15) is 10.6 Å². The number of para-hydroxylation sites is 2. The van der Waals surface area contributed by atoms with Crippen LogP contribution in [0.1, 0.15) is 18.5 Å². The Labute approximate surface area is 124 Å². The predicted octanol–water partition coefficient (Wildman–Crippen LogP) is 2.32. The molecule has 0 heterocycles. The SMILES string of the molecule is COc1ccccc1C(C)NS(=O)(=O)c1ccccc1N. The average molecular weight is 306 g/mol. The van der Waals surface area contributed by atoms with Crippen LogP contribution in [-0.4, -0.2) is 15.5 Å². The fourth-order valence-electron chi connectivity index (χ4n) is 2.11. The van der Waals surface area contributed by atoms with Crippen LogP contribution in [0.4, 0.5) is 5.69 Å². The van der Waals surface area contributed by atoms with E-state index in [0.717, 1.165) is 5.56 Å². The van der Waals surface area contributed by atoms with Crippen molar-refractivity contribution in [2.75, 3.05) is 12.8 Å². The van der Waals surface area contributed by atoms with E-state index < -0.39 is 16.1 Å². The van der Waals surface area contributed by atoms with E-state index in [4.69, 9.17) is 10.5 Å². The second-order valence-electron chi connectivity index (χ2n) is 4.62. The zero-order chi connectivity index (χ0) is 15.5. The predicted molar refractivity (Wildman–Crippen MR) is 82.6 cm³/mol. The summed E-state index contributed by atoms with van der Waals surface area (Å²) in [5, 5.41) is 0. The molecule has 1 unspecified atom stereocenters. The third-order valence-corrected chi connectivity index (χ3v) is 4.76. The Bertz CT molecular complexity index is 729. The number of methoxy groups -OCH3 is 1. The van der Waals surface area contributed by atoms with Crippen LogP contribution in [0.3, 0.4) is 0 Å². The normalized spacial score (nSPS) is 12.9. The van der Waals surface area contributed by atoms with Gasteiger partial charge in [0.2, 0.25) is 10.0 Å². The lowest BCUT2D eigenvalue weighted by Crippen LogP contribution is -2.27. The lowest BCUT2D eigenvalue weighted by molar-refractivity contribution is 0.405. The maximum atomic E-state index is 12.4. The minimum Gasteiger partial charge on any atom is -0.496 e. The Balaban J connectivity index is 2.31. The van der Waals surface area contributed by atoms with Gasteiger partial charge in [0, 0.05) is 11.6 Å². The van der Waals surface area contributed by atoms with E-state index in [1.165, 1.54) is 6.07 Å². The summed E-state index contributed by atoms with van der Waals surface area (Å²) in [6.07, 6.45) is 0. The van der Waals surface area contributed by atoms with Crippen molar-refractivity contribution >= 4 is 15.7 Å². The molecule has 2 aromatic carbocycles. The molecule has 3 N–H and O–H groups in total. The van der Waals surface area contributed by atoms with E-state index in [1.807, 2.05) is 18.2 Å². The summed E-state index contributed by atoms with van der Waals surface area (Å²) in [6.45, 7) is 1.76. The monoisotopic (exact) mass is 306 g/mol. The molecule has 5 nitrogen and oxygen atoms in total. The van der Waals surface area contributed by atoms with Crippen LogP contribution >= 0.6 is 0 Å². The molecule has 0 spiro atoms. The maximum absolute atomic E-state index is 12.4. The van der Waals surface area contributed by atoms with E-state index in [-0.39, 0.29) is 10.6 Å². The number of ether oxygens (including phenoxy) is 1. The number of sulfonamides is 1. The van der Waals surface area contributed by atoms with Gasteiger partial charge in [0.05, 0.1) is 12.8 Å². The Morgan fingerprint density at radius 3 is 2.38 bits per heavy atom. The van der Waals surface area contributed by atoms with Crippen molar-refractivity contribution in [1.29, 1.82) is 0 Å². The van der Waals surface area contributed by atoms with Crippen LogP contribution < -0.4 is 15.2 Å². The van der Waals surface area contributed by atoms with Gasteiger partial charge < -0.3 is 10.5 Å². The molecule has 2 aromatic rings. The Hall–Kier alpha value is -2.05. The fourth-order valence-corrected chi connectivity index (χ4v) is 3.46. The van der Waals surface area contributed by atoms with Gasteiger partial charge in [0.25, 0.3) is 0 Å². The molecule has 0 saturated heterocycles. The summed E-state index contributed by atoms with van der Waals surface area (Å²) in [7, 11) is -2.14. The zero-order valence-electron chi connectivity index (χ0n) is 11.9. The van der Waals surface area contributed by atoms with Crippen molar-refractivity contribution in [3.05, 3.63) is 54.1 Å². The highest BCUT2D eigenvalue weighted by Crippen LogP contribution is 2.26. The molecular formula is C15H18N2O3S. The molecule has 1 atom stereocenters. The number of hydrogen-bond donors (Lipinski definition) is 2. The first-order valence-electron chi connectivity index (χ1n) is 6.45. The van der Waals surface area contributed by atoms with Crippen molar-refractivity contribution < 1.29 is 13.2 Å². The van der Waals surface area contributed by atoms with E-state index in [9.17, 15) is 8.42 Å². The molecule has 0 saturated carbocycles. The minimum absolute atomic E-state index is 0.0757. The van der Waals surface area contributed by atoms with E-state index in [0.29, 0.717) is 5.75 Å². The summed E-state index contributed by atoms with van der Waals surface area (Å²) >= 11 is 0. The Morgan fingerprint density at radius 1 is 1.10 bits per heavy atom. The van der Waals surface area contributed by atoms with Crippen LogP contribution in [0.2, 0.25) is 0 Å². The lowest BCUT2D eigenvalue weighted by Gasteiger charge is -2.18. The van der Waals surface area contributed by atoms with Crippen molar-refractivity contribution in [2.24, 2.45) is 0 Å². The highest BCUT2D eigenvalue weighted by atomic mass is 32.2. The molecule has 21 heavy (non-hydrogen) atoms. The van der Waals surface area contributed by atoms with Gasteiger partial charge in [-0.25, -0.2) is 13.1 Å². The largest absolute Gasteiger partial charge is 0.496 e. The van der Waals surface area contributed by atoms with Crippen molar-refractivity contribution in [2.45, 2.75) is 17.9 Å². The van der Waals surface area contributed by atoms with Crippen LogP contribution in [0.5, 0.6) is 5.75 Å². The number of nitrogen functional groups attached to an aromatic ring is 1. The Kier molecular flexibility index (Phi) is 4.50. The third-order valence-electron chi connectivity index (χ3n) is 3.15. The smallest absolute Gasteiger partial charge is 0.243 e. The van der Waals surface area contributed by atoms with E-state index in [2.05, 4.69) is 4.72 Å². The first-order valence-corrected chi connectivity index (χ1v) is 7.94. The minimum atomic E-state index is -3.69. The van der Waals surface area contributed by atoms with Gasteiger partial charge in [-0.15, -0.1) is 0 Å². The van der Waals surface area contributed by atoms with Crippen molar-refractivity contribution in [1.82, 2.24) is 4.72 Å². The molecule has 112 valence electrons. The van der Waals surface area contributed by atoms with E-state index >= 15 is 0 Å². The molecule has 0 aromatic heterocycles. The summed E-state index contributed by atoms with van der Waals surface area (Å²) < 4.78 is 32.7. The van der Waals surface area contributed by atoms with Gasteiger partial charge in [-0.1, -0.05) is 30.3 Å². The third kappa shape index (κ3) is 3.34. The van der Waals surface area contributed by atoms with Crippen molar-refractivity contribution in [3.63, 3.8) is 0 Å². The number of benzene rings is 2. The standard InChI is InChI=1S/C15H18N2O3S/c1-11(12-7-3-5-9-14(12)20-2)17-21(18,19)15-10-6-4-8-13(15)16/h3-11,17H,16H2,1-2H3. The van der Waals surface area contributed by atoms with Gasteiger partial charge in [-0.05, 0) is 25.1 Å². The quantitative estimate of drug-likeness (QED) is 0.831. The van der Waals surface area contributed by atoms with Crippen molar-refractivity contribution in [3.8, 4) is 5.75 Å². The highest BCUT2D eigenvalue weighted by Gasteiger charge is 2.21. The number of rotatable bonds is 5. The molecule has 0 aliphatic heterocycles. The molecular weight excluding hydrogens is 288 g/mol.